The number of rotatable bonds is 1. The van der Waals surface area contributed by atoms with Crippen LogP contribution in [0.5, 0.6) is 0 Å². The number of carboxylic acids is 1. The van der Waals surface area contributed by atoms with Crippen LogP contribution in [0.3, 0.4) is 0 Å². The lowest BCUT2D eigenvalue weighted by Crippen LogP contribution is -2.02. The summed E-state index contributed by atoms with van der Waals surface area (Å²) in [5.41, 5.74) is 5.64. The van der Waals surface area contributed by atoms with Gasteiger partial charge in [-0.05, 0) is 33.5 Å². The smallest absolute Gasteiger partial charge is 0.356 e. The van der Waals surface area contributed by atoms with Crippen LogP contribution in [0.25, 0.3) is 44.1 Å². The summed E-state index contributed by atoms with van der Waals surface area (Å²) in [5.74, 6) is -1.06. The highest BCUT2D eigenvalue weighted by Gasteiger charge is 2.24. The van der Waals surface area contributed by atoms with Gasteiger partial charge in [-0.15, -0.1) is 0 Å². The first-order valence-corrected chi connectivity index (χ1v) is 7.29. The zero-order valence-electron chi connectivity index (χ0n) is 11.9. The first-order valence-electron chi connectivity index (χ1n) is 7.29. The molecule has 0 atom stereocenters. The highest BCUT2D eigenvalue weighted by atomic mass is 16.4. The fraction of sp³-hybridized carbons (Fsp3) is 0. The van der Waals surface area contributed by atoms with Crippen molar-refractivity contribution in [2.75, 3.05) is 0 Å². The van der Waals surface area contributed by atoms with Crippen molar-refractivity contribution in [2.45, 2.75) is 0 Å². The van der Waals surface area contributed by atoms with Gasteiger partial charge in [-0.25, -0.2) is 9.78 Å². The minimum Gasteiger partial charge on any atom is -0.476 e. The molecule has 1 aliphatic rings. The van der Waals surface area contributed by atoms with Gasteiger partial charge in [0.15, 0.2) is 5.69 Å². The monoisotopic (exact) mass is 298 g/mol. The lowest BCUT2D eigenvalue weighted by molar-refractivity contribution is 0.0690. The van der Waals surface area contributed by atoms with Crippen molar-refractivity contribution in [3.05, 3.63) is 60.4 Å². The summed E-state index contributed by atoms with van der Waals surface area (Å²) in [6.45, 7) is 0. The van der Waals surface area contributed by atoms with E-state index in [1.807, 2.05) is 24.3 Å². The molecule has 1 heterocycles. The molecule has 0 saturated heterocycles. The molecule has 108 valence electrons. The first kappa shape index (κ1) is 12.3. The maximum absolute atomic E-state index is 11.3. The standard InChI is InChI=1S/C19H10N2O2/c22-19(23)15-9-20-14-8-7-12-11-5-1-3-10-4-2-6-13(16(10)11)17(12)18(14)21-15/h1-9H,(H,22,23). The van der Waals surface area contributed by atoms with Crippen LogP contribution in [0.4, 0.5) is 0 Å². The maximum Gasteiger partial charge on any atom is 0.356 e. The molecule has 5 rings (SSSR count). The van der Waals surface area contributed by atoms with E-state index in [1.165, 1.54) is 17.0 Å². The summed E-state index contributed by atoms with van der Waals surface area (Å²) >= 11 is 0. The molecule has 1 aliphatic carbocycles. The Morgan fingerprint density at radius 3 is 2.48 bits per heavy atom. The van der Waals surface area contributed by atoms with Gasteiger partial charge in [-0.3, -0.25) is 4.98 Å². The normalized spacial score (nSPS) is 11.8. The average Bonchev–Trinajstić information content (AvgIpc) is 2.91. The van der Waals surface area contributed by atoms with Crippen molar-refractivity contribution < 1.29 is 9.90 Å². The lowest BCUT2D eigenvalue weighted by Gasteiger charge is -2.06. The first-order chi connectivity index (χ1) is 11.2. The topological polar surface area (TPSA) is 63.1 Å². The van der Waals surface area contributed by atoms with Crippen molar-refractivity contribution in [3.8, 4) is 22.3 Å². The molecule has 3 aromatic carbocycles. The summed E-state index contributed by atoms with van der Waals surface area (Å²) in [6.07, 6.45) is 1.31. The van der Waals surface area contributed by atoms with Crippen molar-refractivity contribution >= 4 is 27.8 Å². The summed E-state index contributed by atoms with van der Waals surface area (Å²) < 4.78 is 0. The molecule has 0 unspecified atom stereocenters. The average molecular weight is 298 g/mol. The minimum atomic E-state index is -1.06. The van der Waals surface area contributed by atoms with Crippen LogP contribution < -0.4 is 0 Å². The van der Waals surface area contributed by atoms with Gasteiger partial charge >= 0.3 is 5.97 Å². The van der Waals surface area contributed by atoms with Gasteiger partial charge in [0.1, 0.15) is 0 Å². The molecular formula is C19H10N2O2. The zero-order chi connectivity index (χ0) is 15.6. The number of nitrogens with zero attached hydrogens (tertiary/aromatic N) is 2. The van der Waals surface area contributed by atoms with Crippen LogP contribution in [0, 0.1) is 0 Å². The molecule has 1 N–H and O–H groups in total. The number of aromatic carboxylic acids is 1. The molecule has 0 aliphatic heterocycles. The molecular weight excluding hydrogens is 288 g/mol. The third kappa shape index (κ3) is 1.52. The zero-order valence-corrected chi connectivity index (χ0v) is 11.9. The highest BCUT2D eigenvalue weighted by Crippen LogP contribution is 2.49. The van der Waals surface area contributed by atoms with E-state index in [0.29, 0.717) is 11.0 Å². The number of benzene rings is 3. The van der Waals surface area contributed by atoms with Crippen LogP contribution in [-0.2, 0) is 0 Å². The Labute approximate surface area is 131 Å². The molecule has 1 aromatic heterocycles. The number of hydrogen-bond donors (Lipinski definition) is 1. The molecule has 0 radical (unpaired) electrons. The van der Waals surface area contributed by atoms with Crippen molar-refractivity contribution in [3.63, 3.8) is 0 Å². The van der Waals surface area contributed by atoms with Gasteiger partial charge in [-0.1, -0.05) is 42.5 Å². The van der Waals surface area contributed by atoms with E-state index in [-0.39, 0.29) is 5.69 Å². The van der Waals surface area contributed by atoms with E-state index in [4.69, 9.17) is 0 Å². The quantitative estimate of drug-likeness (QED) is 0.505. The van der Waals surface area contributed by atoms with Gasteiger partial charge in [0.05, 0.1) is 17.2 Å². The Kier molecular flexibility index (Phi) is 2.21. The predicted molar refractivity (Wildman–Crippen MR) is 88.4 cm³/mol. The van der Waals surface area contributed by atoms with E-state index in [1.54, 1.807) is 0 Å². The van der Waals surface area contributed by atoms with Crippen LogP contribution >= 0.6 is 0 Å². The number of hydrogen-bond acceptors (Lipinski definition) is 3. The Morgan fingerprint density at radius 2 is 1.70 bits per heavy atom. The Bertz CT molecular complexity index is 1140. The van der Waals surface area contributed by atoms with Crippen molar-refractivity contribution in [1.29, 1.82) is 0 Å². The molecule has 0 spiro atoms. The SMILES string of the molecule is O=C(O)c1cnc2ccc3c(c2n1)-c1cccc2cccc-3c12. The largest absolute Gasteiger partial charge is 0.476 e. The van der Waals surface area contributed by atoms with Gasteiger partial charge in [-0.2, -0.15) is 0 Å². The van der Waals surface area contributed by atoms with E-state index in [0.717, 1.165) is 22.3 Å². The van der Waals surface area contributed by atoms with E-state index < -0.39 is 5.97 Å². The molecule has 4 aromatic rings. The molecule has 4 nitrogen and oxygen atoms in total. The predicted octanol–water partition coefficient (Wildman–Crippen LogP) is 4.13. The van der Waals surface area contributed by atoms with Crippen molar-refractivity contribution in [1.82, 2.24) is 9.97 Å². The fourth-order valence-electron chi connectivity index (χ4n) is 3.45. The molecule has 0 amide bonds. The second kappa shape index (κ2) is 4.14. The summed E-state index contributed by atoms with van der Waals surface area (Å²) in [7, 11) is 0. The number of fused-ring (bicyclic) bond motifs is 5. The Hall–Kier alpha value is -3.27. The van der Waals surface area contributed by atoms with Gasteiger partial charge in [0.2, 0.25) is 0 Å². The van der Waals surface area contributed by atoms with Gasteiger partial charge in [0, 0.05) is 5.56 Å². The molecule has 4 heteroatoms. The van der Waals surface area contributed by atoms with Gasteiger partial charge in [0.25, 0.3) is 0 Å². The van der Waals surface area contributed by atoms with E-state index in [9.17, 15) is 9.90 Å². The summed E-state index contributed by atoms with van der Waals surface area (Å²) in [6, 6.07) is 16.3. The summed E-state index contributed by atoms with van der Waals surface area (Å²) in [5, 5.41) is 11.6. The van der Waals surface area contributed by atoms with Crippen LogP contribution in [0.15, 0.2) is 54.7 Å². The Morgan fingerprint density at radius 1 is 0.913 bits per heavy atom. The number of aromatic nitrogens is 2. The third-order valence-corrected chi connectivity index (χ3v) is 4.40. The van der Waals surface area contributed by atoms with E-state index in [2.05, 4.69) is 34.2 Å². The summed E-state index contributed by atoms with van der Waals surface area (Å²) in [4.78, 5) is 19.9. The highest BCUT2D eigenvalue weighted by molar-refractivity contribution is 6.20. The minimum absolute atomic E-state index is 0.0333. The molecule has 0 fully saturated rings. The second-order valence-corrected chi connectivity index (χ2v) is 5.63. The second-order valence-electron chi connectivity index (χ2n) is 5.63. The van der Waals surface area contributed by atoms with Crippen LogP contribution in [-0.4, -0.2) is 21.0 Å². The van der Waals surface area contributed by atoms with Crippen LogP contribution in [0.1, 0.15) is 10.5 Å². The molecule has 0 bridgehead atoms. The fourth-order valence-corrected chi connectivity index (χ4v) is 3.45. The third-order valence-electron chi connectivity index (χ3n) is 4.40. The van der Waals surface area contributed by atoms with Crippen LogP contribution in [0.2, 0.25) is 0 Å². The number of carbonyl (C=O) groups is 1. The number of carboxylic acid groups (broad SMARTS) is 1. The Balaban J connectivity index is 1.99. The van der Waals surface area contributed by atoms with Gasteiger partial charge < -0.3 is 5.11 Å². The van der Waals surface area contributed by atoms with Crippen molar-refractivity contribution in [2.24, 2.45) is 0 Å². The maximum atomic E-state index is 11.3. The molecule has 0 saturated carbocycles. The lowest BCUT2D eigenvalue weighted by atomic mass is 10.0. The molecule has 23 heavy (non-hydrogen) atoms. The van der Waals surface area contributed by atoms with E-state index >= 15 is 0 Å².